The fourth-order valence-corrected chi connectivity index (χ4v) is 5.81. The van der Waals surface area contributed by atoms with Crippen molar-refractivity contribution in [2.45, 2.75) is 52.0 Å². The SMILES string of the molecule is C=C(C)c1ccc(N2CCC(CCN3CC4(CC(NC)C4)C3)CC2)cc1C(=C)C. The number of rotatable bonds is 7. The first kappa shape index (κ1) is 20.7. The fraction of sp³-hybridized carbons (Fsp3) is 0.615. The van der Waals surface area contributed by atoms with Gasteiger partial charge in [0.1, 0.15) is 0 Å². The molecule has 1 aromatic carbocycles. The first-order valence-electron chi connectivity index (χ1n) is 11.5. The zero-order chi connectivity index (χ0) is 20.6. The molecule has 4 rings (SSSR count). The van der Waals surface area contributed by atoms with E-state index < -0.39 is 0 Å². The Hall–Kier alpha value is -1.58. The van der Waals surface area contributed by atoms with Crippen LogP contribution < -0.4 is 10.2 Å². The predicted molar refractivity (Wildman–Crippen MR) is 126 cm³/mol. The molecule has 29 heavy (non-hydrogen) atoms. The number of anilines is 1. The molecule has 3 aliphatic rings. The zero-order valence-electron chi connectivity index (χ0n) is 18.8. The normalized spacial score (nSPS) is 22.4. The highest BCUT2D eigenvalue weighted by molar-refractivity contribution is 5.79. The minimum Gasteiger partial charge on any atom is -0.371 e. The molecule has 1 aromatic rings. The van der Waals surface area contributed by atoms with Crippen LogP contribution in [0.1, 0.15) is 57.1 Å². The van der Waals surface area contributed by atoms with E-state index in [1.165, 1.54) is 81.6 Å². The van der Waals surface area contributed by atoms with Gasteiger partial charge in [0.25, 0.3) is 0 Å². The van der Waals surface area contributed by atoms with Gasteiger partial charge < -0.3 is 15.1 Å². The van der Waals surface area contributed by atoms with Crippen molar-refractivity contribution in [1.29, 1.82) is 0 Å². The van der Waals surface area contributed by atoms with Crippen molar-refractivity contribution in [3.05, 3.63) is 42.5 Å². The average Bonchev–Trinajstić information content (AvgIpc) is 2.65. The molecule has 1 N–H and O–H groups in total. The maximum absolute atomic E-state index is 4.18. The summed E-state index contributed by atoms with van der Waals surface area (Å²) in [4.78, 5) is 5.27. The van der Waals surface area contributed by atoms with Crippen LogP contribution in [0.5, 0.6) is 0 Å². The maximum atomic E-state index is 4.18. The highest BCUT2D eigenvalue weighted by atomic mass is 15.2. The quantitative estimate of drug-likeness (QED) is 0.700. The lowest BCUT2D eigenvalue weighted by Gasteiger charge is -2.59. The lowest BCUT2D eigenvalue weighted by atomic mass is 9.60. The molecule has 3 nitrogen and oxygen atoms in total. The molecule has 0 radical (unpaired) electrons. The average molecular weight is 394 g/mol. The van der Waals surface area contributed by atoms with Gasteiger partial charge in [-0.25, -0.2) is 0 Å². The molecular weight excluding hydrogens is 354 g/mol. The van der Waals surface area contributed by atoms with E-state index in [0.717, 1.165) is 23.1 Å². The van der Waals surface area contributed by atoms with Gasteiger partial charge in [-0.05, 0) is 94.1 Å². The third-order valence-electron chi connectivity index (χ3n) is 7.64. The predicted octanol–water partition coefficient (Wildman–Crippen LogP) is 5.04. The van der Waals surface area contributed by atoms with Crippen LogP contribution in [0.25, 0.3) is 11.1 Å². The van der Waals surface area contributed by atoms with Gasteiger partial charge in [0, 0.05) is 37.9 Å². The van der Waals surface area contributed by atoms with Crippen molar-refractivity contribution in [3.8, 4) is 0 Å². The number of nitrogens with one attached hydrogen (secondary N) is 1. The highest BCUT2D eigenvalue weighted by Crippen LogP contribution is 2.48. The Morgan fingerprint density at radius 3 is 2.31 bits per heavy atom. The molecule has 0 aromatic heterocycles. The van der Waals surface area contributed by atoms with Gasteiger partial charge >= 0.3 is 0 Å². The van der Waals surface area contributed by atoms with Crippen LogP contribution in [0.2, 0.25) is 0 Å². The van der Waals surface area contributed by atoms with Crippen molar-refractivity contribution in [3.63, 3.8) is 0 Å². The first-order valence-corrected chi connectivity index (χ1v) is 11.5. The van der Waals surface area contributed by atoms with Crippen molar-refractivity contribution < 1.29 is 0 Å². The lowest BCUT2D eigenvalue weighted by Crippen LogP contribution is -2.65. The molecule has 2 aliphatic heterocycles. The Morgan fingerprint density at radius 2 is 1.72 bits per heavy atom. The molecule has 3 heteroatoms. The van der Waals surface area contributed by atoms with Gasteiger partial charge in [0.15, 0.2) is 0 Å². The first-order chi connectivity index (χ1) is 13.9. The highest BCUT2D eigenvalue weighted by Gasteiger charge is 2.51. The molecule has 1 saturated carbocycles. The summed E-state index contributed by atoms with van der Waals surface area (Å²) < 4.78 is 0. The minimum atomic E-state index is 0.688. The van der Waals surface area contributed by atoms with Gasteiger partial charge in [-0.2, -0.15) is 0 Å². The Balaban J connectivity index is 1.23. The second kappa shape index (κ2) is 8.28. The van der Waals surface area contributed by atoms with Gasteiger partial charge in [0.05, 0.1) is 0 Å². The molecule has 1 spiro atoms. The standard InChI is InChI=1S/C26H39N3/c1-19(2)24-7-6-23(14-25(24)20(3)4)29-12-9-21(10-13-29)8-11-28-17-26(18-28)15-22(16-26)27-5/h6-7,14,21-22,27H,1,3,8-13,15-18H2,2,4-5H3. The van der Waals surface area contributed by atoms with Crippen LogP contribution >= 0.6 is 0 Å². The number of hydrogen-bond donors (Lipinski definition) is 1. The van der Waals surface area contributed by atoms with E-state index in [4.69, 9.17) is 0 Å². The number of nitrogens with zero attached hydrogens (tertiary/aromatic N) is 2. The van der Waals surface area contributed by atoms with E-state index in [0.29, 0.717) is 5.41 Å². The molecule has 1 aliphatic carbocycles. The minimum absolute atomic E-state index is 0.688. The Bertz CT molecular complexity index is 758. The van der Waals surface area contributed by atoms with E-state index in [2.05, 4.69) is 67.4 Å². The van der Waals surface area contributed by atoms with E-state index in [9.17, 15) is 0 Å². The van der Waals surface area contributed by atoms with Gasteiger partial charge in [-0.1, -0.05) is 30.4 Å². The van der Waals surface area contributed by atoms with Crippen LogP contribution in [0, 0.1) is 11.3 Å². The summed E-state index contributed by atoms with van der Waals surface area (Å²) in [6.45, 7) is 18.9. The molecule has 2 saturated heterocycles. The van der Waals surface area contributed by atoms with Crippen LogP contribution in [0.3, 0.4) is 0 Å². The third-order valence-corrected chi connectivity index (χ3v) is 7.64. The van der Waals surface area contributed by atoms with Crippen LogP contribution in [0.4, 0.5) is 5.69 Å². The fourth-order valence-electron chi connectivity index (χ4n) is 5.81. The van der Waals surface area contributed by atoms with Crippen molar-refractivity contribution >= 4 is 16.8 Å². The molecule has 2 heterocycles. The molecule has 0 unspecified atom stereocenters. The van der Waals surface area contributed by atoms with Crippen molar-refractivity contribution in [2.24, 2.45) is 11.3 Å². The lowest BCUT2D eigenvalue weighted by molar-refractivity contribution is -0.0789. The number of likely N-dealkylation sites (tertiary alicyclic amines) is 1. The number of hydrogen-bond acceptors (Lipinski definition) is 3. The largest absolute Gasteiger partial charge is 0.371 e. The Labute approximate surface area is 177 Å². The summed E-state index contributed by atoms with van der Waals surface area (Å²) in [5.74, 6) is 0.893. The van der Waals surface area contributed by atoms with Gasteiger partial charge in [-0.3, -0.25) is 0 Å². The monoisotopic (exact) mass is 393 g/mol. The smallest absolute Gasteiger partial charge is 0.0372 e. The second-order valence-corrected chi connectivity index (χ2v) is 10.1. The molecular formula is C26H39N3. The third kappa shape index (κ3) is 4.32. The number of allylic oxidation sites excluding steroid dienone is 2. The molecule has 0 amide bonds. The van der Waals surface area contributed by atoms with E-state index in [-0.39, 0.29) is 0 Å². The van der Waals surface area contributed by atoms with Crippen molar-refractivity contribution in [1.82, 2.24) is 10.2 Å². The maximum Gasteiger partial charge on any atom is 0.0372 e. The molecule has 0 bridgehead atoms. The summed E-state index contributed by atoms with van der Waals surface area (Å²) in [5, 5.41) is 3.43. The van der Waals surface area contributed by atoms with Gasteiger partial charge in [0.2, 0.25) is 0 Å². The van der Waals surface area contributed by atoms with Crippen LogP contribution in [-0.2, 0) is 0 Å². The van der Waals surface area contributed by atoms with E-state index in [1.54, 1.807) is 0 Å². The summed E-state index contributed by atoms with van der Waals surface area (Å²) in [6.07, 6.45) is 6.82. The Kier molecular flexibility index (Phi) is 5.90. The molecule has 158 valence electrons. The summed E-state index contributed by atoms with van der Waals surface area (Å²) in [7, 11) is 2.11. The molecule has 3 fully saturated rings. The van der Waals surface area contributed by atoms with Gasteiger partial charge in [-0.15, -0.1) is 0 Å². The van der Waals surface area contributed by atoms with Crippen LogP contribution in [0.15, 0.2) is 31.4 Å². The summed E-state index contributed by atoms with van der Waals surface area (Å²) >= 11 is 0. The number of piperidine rings is 1. The van der Waals surface area contributed by atoms with E-state index in [1.807, 2.05) is 0 Å². The number of benzene rings is 1. The zero-order valence-corrected chi connectivity index (χ0v) is 18.8. The van der Waals surface area contributed by atoms with E-state index >= 15 is 0 Å². The Morgan fingerprint density at radius 1 is 1.07 bits per heavy atom. The van der Waals surface area contributed by atoms with Crippen molar-refractivity contribution in [2.75, 3.05) is 44.7 Å². The second-order valence-electron chi connectivity index (χ2n) is 10.1. The summed E-state index contributed by atoms with van der Waals surface area (Å²) in [5.41, 5.74) is 6.76. The topological polar surface area (TPSA) is 18.5 Å². The molecule has 0 atom stereocenters. The summed E-state index contributed by atoms with van der Waals surface area (Å²) in [6, 6.07) is 7.61. The van der Waals surface area contributed by atoms with Crippen LogP contribution in [-0.4, -0.2) is 50.7 Å².